The van der Waals surface area contributed by atoms with Crippen LogP contribution in [0.1, 0.15) is 89.0 Å². The molecular weight excluding hydrogens is 424 g/mol. The van der Waals surface area contributed by atoms with Crippen molar-refractivity contribution in [2.75, 3.05) is 0 Å². The zero-order chi connectivity index (χ0) is 24.2. The molecule has 0 aromatic carbocycles. The fourth-order valence-corrected chi connectivity index (χ4v) is 9.64. The second kappa shape index (κ2) is 8.23. The molecule has 4 heteroatoms. The predicted octanol–water partition coefficient (Wildman–Crippen LogP) is 6.61. The van der Waals surface area contributed by atoms with Crippen LogP contribution in [0.3, 0.4) is 0 Å². The number of cyclic esters (lactones) is 1. The van der Waals surface area contributed by atoms with Gasteiger partial charge in [0.05, 0.1) is 11.8 Å². The van der Waals surface area contributed by atoms with Gasteiger partial charge in [0, 0.05) is 5.92 Å². The fourth-order valence-electron chi connectivity index (χ4n) is 9.64. The molecular formula is C30H50O4. The minimum absolute atomic E-state index is 0. The maximum absolute atomic E-state index is 12.1. The van der Waals surface area contributed by atoms with Crippen molar-refractivity contribution in [3.05, 3.63) is 0 Å². The summed E-state index contributed by atoms with van der Waals surface area (Å²) in [5.41, 5.74) is -0.538. The zero-order valence-corrected chi connectivity index (χ0v) is 22.3. The van der Waals surface area contributed by atoms with E-state index in [1.54, 1.807) is 0 Å². The van der Waals surface area contributed by atoms with Crippen LogP contribution in [0.4, 0.5) is 0 Å². The largest absolute Gasteiger partial charge is 0.460 e. The first kappa shape index (κ1) is 26.0. The van der Waals surface area contributed by atoms with Crippen LogP contribution in [-0.2, 0) is 19.1 Å². The van der Waals surface area contributed by atoms with Crippen LogP contribution in [0, 0.1) is 76.9 Å². The minimum Gasteiger partial charge on any atom is -0.460 e. The van der Waals surface area contributed by atoms with E-state index in [1.165, 1.54) is 12.8 Å². The molecule has 0 spiro atoms. The Labute approximate surface area is 208 Å². The summed E-state index contributed by atoms with van der Waals surface area (Å²) in [4.78, 5) is 24.1. The molecule has 13 atom stereocenters. The van der Waals surface area contributed by atoms with Crippen molar-refractivity contribution in [2.45, 2.75) is 100 Å². The highest BCUT2D eigenvalue weighted by Crippen LogP contribution is 2.73. The molecule has 5 aliphatic carbocycles. The van der Waals surface area contributed by atoms with Crippen LogP contribution in [0.5, 0.6) is 0 Å². The van der Waals surface area contributed by atoms with Crippen LogP contribution >= 0.6 is 0 Å². The fraction of sp³-hybridized carbons (Fsp3) is 0.933. The Balaban J connectivity index is 0.000000157. The van der Waals surface area contributed by atoms with Gasteiger partial charge in [-0.05, 0) is 113 Å². The quantitative estimate of drug-likeness (QED) is 0.401. The Morgan fingerprint density at radius 2 is 1.44 bits per heavy atom. The molecule has 1 heterocycles. The molecule has 6 fully saturated rings. The topological polar surface area (TPSA) is 52.6 Å². The number of fused-ring (bicyclic) bond motifs is 10. The van der Waals surface area contributed by atoms with Crippen molar-refractivity contribution in [3.63, 3.8) is 0 Å². The van der Waals surface area contributed by atoms with Gasteiger partial charge in [-0.1, -0.05) is 35.1 Å². The van der Waals surface area contributed by atoms with Crippen LogP contribution in [-0.4, -0.2) is 23.1 Å². The van der Waals surface area contributed by atoms with Gasteiger partial charge in [0.25, 0.3) is 0 Å². The van der Waals surface area contributed by atoms with Gasteiger partial charge in [-0.3, -0.25) is 9.59 Å². The normalized spacial score (nSPS) is 50.9. The lowest BCUT2D eigenvalue weighted by Gasteiger charge is -2.55. The summed E-state index contributed by atoms with van der Waals surface area (Å²) in [5.74, 6) is 8.73. The van der Waals surface area contributed by atoms with E-state index in [9.17, 15) is 9.59 Å². The molecule has 5 saturated carbocycles. The molecule has 1 aliphatic heterocycles. The first-order valence-corrected chi connectivity index (χ1v) is 13.7. The molecule has 0 radical (unpaired) electrons. The molecule has 0 amide bonds. The number of hydrogen-bond acceptors (Lipinski definition) is 4. The van der Waals surface area contributed by atoms with Crippen molar-refractivity contribution in [2.24, 2.45) is 76.9 Å². The first-order chi connectivity index (χ1) is 15.2. The minimum atomic E-state index is -0.340. The third-order valence-corrected chi connectivity index (χ3v) is 11.4. The molecule has 1 saturated heterocycles. The number of ether oxygens (including phenoxy) is 2. The van der Waals surface area contributed by atoms with Gasteiger partial charge in [0.1, 0.15) is 11.2 Å². The molecule has 34 heavy (non-hydrogen) atoms. The van der Waals surface area contributed by atoms with Crippen LogP contribution in [0.15, 0.2) is 0 Å². The van der Waals surface area contributed by atoms with E-state index in [0.717, 1.165) is 47.8 Å². The molecule has 6 rings (SSSR count). The van der Waals surface area contributed by atoms with Crippen LogP contribution in [0.25, 0.3) is 0 Å². The molecule has 6 aliphatic rings. The Hall–Kier alpha value is -1.06. The lowest BCUT2D eigenvalue weighted by atomic mass is 9.47. The average molecular weight is 475 g/mol. The van der Waals surface area contributed by atoms with Crippen molar-refractivity contribution in [1.82, 2.24) is 0 Å². The number of hydrogen-bond donors (Lipinski definition) is 0. The smallest absolute Gasteiger partial charge is 0.310 e. The third-order valence-electron chi connectivity index (χ3n) is 11.4. The van der Waals surface area contributed by atoms with Crippen molar-refractivity contribution < 1.29 is 19.1 Å². The van der Waals surface area contributed by atoms with Crippen LogP contribution < -0.4 is 0 Å². The Morgan fingerprint density at radius 1 is 0.882 bits per heavy atom. The molecule has 0 N–H and O–H groups in total. The first-order valence-electron chi connectivity index (χ1n) is 13.7. The van der Waals surface area contributed by atoms with E-state index in [-0.39, 0.29) is 42.4 Å². The Bertz CT molecular complexity index is 822. The SMILES string of the molecule is C.CC1C(C)C2CC1C1C3C(=O)OC(C)(C)C3C21.CC1C2CC(C(=O)OC(C)(C)C)C(C2)C1C. The highest BCUT2D eigenvalue weighted by molar-refractivity contribution is 5.78. The summed E-state index contributed by atoms with van der Waals surface area (Å²) in [6.07, 6.45) is 3.69. The monoisotopic (exact) mass is 474 g/mol. The van der Waals surface area contributed by atoms with Gasteiger partial charge in [-0.2, -0.15) is 0 Å². The molecule has 4 bridgehead atoms. The molecule has 4 nitrogen and oxygen atoms in total. The highest BCUT2D eigenvalue weighted by atomic mass is 16.6. The number of esters is 2. The molecule has 0 aromatic heterocycles. The maximum Gasteiger partial charge on any atom is 0.310 e. The van der Waals surface area contributed by atoms with E-state index < -0.39 is 0 Å². The summed E-state index contributed by atoms with van der Waals surface area (Å²) in [5, 5.41) is 0. The lowest BCUT2D eigenvalue weighted by molar-refractivity contribution is -0.163. The molecule has 194 valence electrons. The van der Waals surface area contributed by atoms with E-state index in [4.69, 9.17) is 9.47 Å². The highest BCUT2D eigenvalue weighted by Gasteiger charge is 2.74. The van der Waals surface area contributed by atoms with Crippen molar-refractivity contribution >= 4 is 11.9 Å². The second-order valence-corrected chi connectivity index (χ2v) is 14.3. The summed E-state index contributed by atoms with van der Waals surface area (Å²) < 4.78 is 11.1. The number of carbonyl (C=O) groups excluding carboxylic acids is 2. The van der Waals surface area contributed by atoms with E-state index in [1.807, 2.05) is 20.8 Å². The maximum atomic E-state index is 12.1. The summed E-state index contributed by atoms with van der Waals surface area (Å²) >= 11 is 0. The van der Waals surface area contributed by atoms with E-state index in [2.05, 4.69) is 41.5 Å². The van der Waals surface area contributed by atoms with E-state index in [0.29, 0.717) is 23.7 Å². The Morgan fingerprint density at radius 3 is 1.97 bits per heavy atom. The third kappa shape index (κ3) is 3.67. The van der Waals surface area contributed by atoms with Gasteiger partial charge < -0.3 is 9.47 Å². The van der Waals surface area contributed by atoms with Gasteiger partial charge in [0.2, 0.25) is 0 Å². The second-order valence-electron chi connectivity index (χ2n) is 14.3. The van der Waals surface area contributed by atoms with Crippen LogP contribution in [0.2, 0.25) is 0 Å². The molecule has 0 aromatic rings. The van der Waals surface area contributed by atoms with E-state index >= 15 is 0 Å². The van der Waals surface area contributed by atoms with Gasteiger partial charge in [0.15, 0.2) is 0 Å². The van der Waals surface area contributed by atoms with Gasteiger partial charge in [-0.15, -0.1) is 0 Å². The predicted molar refractivity (Wildman–Crippen MR) is 135 cm³/mol. The summed E-state index contributed by atoms with van der Waals surface area (Å²) in [6, 6.07) is 0. The summed E-state index contributed by atoms with van der Waals surface area (Å²) in [7, 11) is 0. The van der Waals surface area contributed by atoms with Crippen molar-refractivity contribution in [3.8, 4) is 0 Å². The molecule has 13 unspecified atom stereocenters. The Kier molecular flexibility index (Phi) is 6.30. The number of carbonyl (C=O) groups is 2. The van der Waals surface area contributed by atoms with Crippen molar-refractivity contribution in [1.29, 1.82) is 0 Å². The van der Waals surface area contributed by atoms with Gasteiger partial charge >= 0.3 is 11.9 Å². The lowest BCUT2D eigenvalue weighted by Crippen LogP contribution is -2.57. The number of rotatable bonds is 1. The standard InChI is InChI=1S/C15H22O2.C14H24O2.CH4/c1-6-7(2)9-5-8(6)10-11(9)13-12(10)14(16)17-15(13,3)4;1-8-9(2)11-6-10(8)7-12(11)13(15)16-14(3,4)5;/h6-13H,5H2,1-4H3;8-12H,6-7H2,1-5H3;1H4. The average Bonchev–Trinajstić information content (AvgIpc) is 3.39. The zero-order valence-electron chi connectivity index (χ0n) is 22.3. The van der Waals surface area contributed by atoms with Gasteiger partial charge in [-0.25, -0.2) is 0 Å². The summed E-state index contributed by atoms with van der Waals surface area (Å²) in [6.45, 7) is 19.5.